The highest BCUT2D eigenvalue weighted by molar-refractivity contribution is 6.30. The highest BCUT2D eigenvalue weighted by Gasteiger charge is 2.16. The molecule has 0 bridgehead atoms. The summed E-state index contributed by atoms with van der Waals surface area (Å²) in [6.07, 6.45) is 6.84. The van der Waals surface area contributed by atoms with Crippen LogP contribution in [0.3, 0.4) is 0 Å². The van der Waals surface area contributed by atoms with E-state index in [1.165, 1.54) is 6.92 Å². The van der Waals surface area contributed by atoms with Crippen molar-refractivity contribution in [3.63, 3.8) is 0 Å². The molecule has 0 unspecified atom stereocenters. The van der Waals surface area contributed by atoms with Crippen molar-refractivity contribution in [1.29, 1.82) is 0 Å². The van der Waals surface area contributed by atoms with Crippen LogP contribution in [-0.2, 0) is 11.2 Å². The molecule has 1 aromatic carbocycles. The van der Waals surface area contributed by atoms with Crippen LogP contribution in [0, 0.1) is 0 Å². The summed E-state index contributed by atoms with van der Waals surface area (Å²) in [6, 6.07) is 5.41. The lowest BCUT2D eigenvalue weighted by molar-refractivity contribution is -0.119. The number of halogens is 1. The number of hydrogen-bond donors (Lipinski definition) is 2. The number of carbonyl (C=O) groups is 1. The second-order valence-corrected chi connectivity index (χ2v) is 6.31. The Balaban J connectivity index is 3.12. The molecule has 1 amide bonds. The minimum absolute atomic E-state index is 0.134. The number of aryl methyl sites for hydroxylation is 1. The van der Waals surface area contributed by atoms with E-state index in [1.54, 1.807) is 19.6 Å². The van der Waals surface area contributed by atoms with Gasteiger partial charge in [-0.3, -0.25) is 9.79 Å². The number of amides is 1. The van der Waals surface area contributed by atoms with Crippen molar-refractivity contribution >= 4 is 29.4 Å². The highest BCUT2D eigenvalue weighted by Crippen LogP contribution is 2.27. The second kappa shape index (κ2) is 10.5. The number of nitrogens with zero attached hydrogens (tertiary/aromatic N) is 1. The Kier molecular flexibility index (Phi) is 8.71. The summed E-state index contributed by atoms with van der Waals surface area (Å²) in [6.45, 7) is 11.6. The Bertz CT molecular complexity index is 692. The van der Waals surface area contributed by atoms with Crippen LogP contribution in [0.4, 0.5) is 0 Å². The van der Waals surface area contributed by atoms with Crippen molar-refractivity contribution in [3.8, 4) is 0 Å². The van der Waals surface area contributed by atoms with Crippen LogP contribution >= 0.6 is 11.6 Å². The van der Waals surface area contributed by atoms with E-state index < -0.39 is 0 Å². The van der Waals surface area contributed by atoms with Gasteiger partial charge in [0, 0.05) is 25.2 Å². The van der Waals surface area contributed by atoms with E-state index in [2.05, 4.69) is 28.8 Å². The minimum Gasteiger partial charge on any atom is -0.353 e. The molecule has 2 N–H and O–H groups in total. The molecule has 1 atom stereocenters. The van der Waals surface area contributed by atoms with E-state index in [-0.39, 0.29) is 11.9 Å². The first-order valence-electron chi connectivity index (χ1n) is 8.07. The molecule has 5 heteroatoms. The normalized spacial score (nSPS) is 12.3. The van der Waals surface area contributed by atoms with E-state index in [0.717, 1.165) is 35.1 Å². The van der Waals surface area contributed by atoms with Gasteiger partial charge in [0.2, 0.25) is 5.91 Å². The Hall–Kier alpha value is -2.33. The van der Waals surface area contributed by atoms with Gasteiger partial charge >= 0.3 is 0 Å². The van der Waals surface area contributed by atoms with Crippen molar-refractivity contribution in [2.75, 3.05) is 7.05 Å². The third-order valence-corrected chi connectivity index (χ3v) is 3.80. The molecule has 0 fully saturated rings. The first-order chi connectivity index (χ1) is 11.8. The maximum atomic E-state index is 11.6. The number of allylic oxidation sites excluding steroid dienone is 1. The molecule has 0 saturated heterocycles. The predicted octanol–water partition coefficient (Wildman–Crippen LogP) is 4.13. The van der Waals surface area contributed by atoms with Gasteiger partial charge in [-0.1, -0.05) is 29.8 Å². The smallest absolute Gasteiger partial charge is 0.217 e. The standard InChI is InChI=1S/C20H26ClN3O/c1-14(2)6-7-17-8-9-18(21)12-19(17)15(3)20(24-16(4)25)10-11-23-13-22-5/h8-13,20H,1,3,6-7H2,2,4-5H3,(H,22,23)(H,24,25)/b11-10+/t20-/m0/s1. The quantitative estimate of drug-likeness (QED) is 0.395. The highest BCUT2D eigenvalue weighted by atomic mass is 35.5. The molecule has 0 saturated carbocycles. The Morgan fingerprint density at radius 1 is 1.36 bits per heavy atom. The molecule has 0 aromatic heterocycles. The van der Waals surface area contributed by atoms with Crippen molar-refractivity contribution in [1.82, 2.24) is 10.6 Å². The Morgan fingerprint density at radius 2 is 2.08 bits per heavy atom. The predicted molar refractivity (Wildman–Crippen MR) is 108 cm³/mol. The number of carbonyl (C=O) groups excluding carboxylic acids is 1. The van der Waals surface area contributed by atoms with Crippen LogP contribution in [0.2, 0.25) is 5.02 Å². The molecule has 25 heavy (non-hydrogen) atoms. The molecular weight excluding hydrogens is 334 g/mol. The van der Waals surface area contributed by atoms with Gasteiger partial charge in [0.05, 0.1) is 12.4 Å². The number of hydrogen-bond acceptors (Lipinski definition) is 2. The van der Waals surface area contributed by atoms with Gasteiger partial charge in [0.1, 0.15) is 0 Å². The first-order valence-corrected chi connectivity index (χ1v) is 8.45. The second-order valence-electron chi connectivity index (χ2n) is 5.88. The van der Waals surface area contributed by atoms with Gasteiger partial charge < -0.3 is 10.6 Å². The maximum absolute atomic E-state index is 11.6. The van der Waals surface area contributed by atoms with Crippen molar-refractivity contribution in [2.24, 2.45) is 4.99 Å². The third-order valence-electron chi connectivity index (χ3n) is 3.56. The van der Waals surface area contributed by atoms with Gasteiger partial charge in [-0.15, -0.1) is 6.58 Å². The zero-order chi connectivity index (χ0) is 18.8. The molecular formula is C20H26ClN3O. The fraction of sp³-hybridized carbons (Fsp3) is 0.300. The van der Waals surface area contributed by atoms with Crippen LogP contribution in [-0.4, -0.2) is 25.3 Å². The van der Waals surface area contributed by atoms with E-state index >= 15 is 0 Å². The van der Waals surface area contributed by atoms with Gasteiger partial charge in [-0.25, -0.2) is 0 Å². The van der Waals surface area contributed by atoms with E-state index in [1.807, 2.05) is 31.2 Å². The van der Waals surface area contributed by atoms with Crippen LogP contribution in [0.15, 0.2) is 54.2 Å². The van der Waals surface area contributed by atoms with E-state index in [4.69, 9.17) is 11.6 Å². The summed E-state index contributed by atoms with van der Waals surface area (Å²) in [7, 11) is 1.67. The van der Waals surface area contributed by atoms with Gasteiger partial charge in [0.25, 0.3) is 0 Å². The molecule has 0 aliphatic heterocycles. The number of aliphatic imine (C=N–C) groups is 1. The van der Waals surface area contributed by atoms with Gasteiger partial charge in [-0.05, 0) is 54.7 Å². The van der Waals surface area contributed by atoms with Crippen molar-refractivity contribution in [3.05, 3.63) is 65.4 Å². The summed E-state index contributed by atoms with van der Waals surface area (Å²) < 4.78 is 0. The van der Waals surface area contributed by atoms with Crippen LogP contribution in [0.25, 0.3) is 5.57 Å². The van der Waals surface area contributed by atoms with Crippen LogP contribution in [0.5, 0.6) is 0 Å². The summed E-state index contributed by atoms with van der Waals surface area (Å²) in [5.41, 5.74) is 3.97. The third kappa shape index (κ3) is 7.40. The topological polar surface area (TPSA) is 53.5 Å². The molecule has 0 heterocycles. The van der Waals surface area contributed by atoms with Gasteiger partial charge in [-0.2, -0.15) is 0 Å². The average molecular weight is 360 g/mol. The fourth-order valence-electron chi connectivity index (χ4n) is 2.32. The van der Waals surface area contributed by atoms with Crippen LogP contribution < -0.4 is 10.6 Å². The zero-order valence-electron chi connectivity index (χ0n) is 15.1. The fourth-order valence-corrected chi connectivity index (χ4v) is 2.49. The Morgan fingerprint density at radius 3 is 2.68 bits per heavy atom. The zero-order valence-corrected chi connectivity index (χ0v) is 15.9. The summed E-state index contributed by atoms with van der Waals surface area (Å²) in [5.74, 6) is -0.134. The monoisotopic (exact) mass is 359 g/mol. The molecule has 1 aromatic rings. The van der Waals surface area contributed by atoms with Crippen LogP contribution in [0.1, 0.15) is 31.4 Å². The molecule has 0 aliphatic carbocycles. The van der Waals surface area contributed by atoms with Crippen molar-refractivity contribution < 1.29 is 4.79 Å². The number of nitrogens with one attached hydrogen (secondary N) is 2. The molecule has 134 valence electrons. The molecule has 1 rings (SSSR count). The molecule has 0 spiro atoms. The molecule has 4 nitrogen and oxygen atoms in total. The molecule has 0 aliphatic rings. The first kappa shape index (κ1) is 20.7. The lowest BCUT2D eigenvalue weighted by Gasteiger charge is -2.20. The summed E-state index contributed by atoms with van der Waals surface area (Å²) >= 11 is 6.19. The van der Waals surface area contributed by atoms with E-state index in [9.17, 15) is 4.79 Å². The lowest BCUT2D eigenvalue weighted by atomic mass is 9.92. The molecule has 0 radical (unpaired) electrons. The summed E-state index contributed by atoms with van der Waals surface area (Å²) in [5, 5.41) is 6.44. The largest absolute Gasteiger partial charge is 0.353 e. The minimum atomic E-state index is -0.350. The van der Waals surface area contributed by atoms with Crippen molar-refractivity contribution in [2.45, 2.75) is 32.7 Å². The van der Waals surface area contributed by atoms with E-state index in [0.29, 0.717) is 5.02 Å². The number of benzene rings is 1. The SMILES string of the molecule is C=C(C)CCc1ccc(Cl)cc1C(=C)[C@H](/C=C/NC=NC)NC(C)=O. The maximum Gasteiger partial charge on any atom is 0.217 e. The summed E-state index contributed by atoms with van der Waals surface area (Å²) in [4.78, 5) is 15.4. The Labute approximate surface area is 155 Å². The average Bonchev–Trinajstić information content (AvgIpc) is 2.55. The lowest BCUT2D eigenvalue weighted by Crippen LogP contribution is -2.32. The van der Waals surface area contributed by atoms with Gasteiger partial charge in [0.15, 0.2) is 0 Å². The number of rotatable bonds is 9.